The zero-order valence-electron chi connectivity index (χ0n) is 19.8. The molecule has 1 saturated heterocycles. The van der Waals surface area contributed by atoms with Gasteiger partial charge in [0, 0.05) is 31.9 Å². The Morgan fingerprint density at radius 2 is 1.68 bits per heavy atom. The molecule has 0 unspecified atom stereocenters. The Balaban J connectivity index is 1.78. The molecule has 1 aliphatic heterocycles. The lowest BCUT2D eigenvalue weighted by Crippen LogP contribution is -2.56. The fraction of sp³-hybridized carbons (Fsp3) is 0.458. The van der Waals surface area contributed by atoms with Crippen LogP contribution in [-0.2, 0) is 21.0 Å². The van der Waals surface area contributed by atoms with Crippen LogP contribution in [0.25, 0.3) is 0 Å². The van der Waals surface area contributed by atoms with Crippen molar-refractivity contribution in [3.8, 4) is 0 Å². The van der Waals surface area contributed by atoms with Gasteiger partial charge < -0.3 is 9.80 Å². The van der Waals surface area contributed by atoms with Gasteiger partial charge in [0.25, 0.3) is 0 Å². The first-order valence-electron chi connectivity index (χ1n) is 11.1. The molecule has 0 spiro atoms. The number of benzene rings is 2. The molecule has 1 aliphatic rings. The van der Waals surface area contributed by atoms with Crippen LogP contribution in [0.1, 0.15) is 30.0 Å². The predicted molar refractivity (Wildman–Crippen MR) is 128 cm³/mol. The van der Waals surface area contributed by atoms with Crippen LogP contribution in [0.2, 0.25) is 0 Å². The van der Waals surface area contributed by atoms with E-state index in [1.165, 1.54) is 10.4 Å². The summed E-state index contributed by atoms with van der Waals surface area (Å²) in [6.45, 7) is 6.86. The van der Waals surface area contributed by atoms with E-state index >= 15 is 0 Å². The molecule has 10 heteroatoms. The second-order valence-electron chi connectivity index (χ2n) is 8.61. The first-order valence-corrected chi connectivity index (χ1v) is 13.0. The summed E-state index contributed by atoms with van der Waals surface area (Å²) in [5, 5.41) is 0. The Labute approximate surface area is 199 Å². The Morgan fingerprint density at radius 3 is 2.21 bits per heavy atom. The number of rotatable bonds is 6. The number of nitrogens with zero attached hydrogens (tertiary/aromatic N) is 3. The average Bonchev–Trinajstić information content (AvgIpc) is 2.78. The lowest BCUT2D eigenvalue weighted by Gasteiger charge is -2.39. The van der Waals surface area contributed by atoms with Crippen LogP contribution in [0.4, 0.5) is 24.5 Å². The van der Waals surface area contributed by atoms with E-state index in [2.05, 4.69) is 0 Å². The number of halogens is 3. The van der Waals surface area contributed by atoms with Gasteiger partial charge in [-0.3, -0.25) is 9.10 Å². The average molecular weight is 498 g/mol. The summed E-state index contributed by atoms with van der Waals surface area (Å²) < 4.78 is 65.8. The molecular weight excluding hydrogens is 467 g/mol. The molecule has 0 N–H and O–H groups in total. The Bertz CT molecular complexity index is 1140. The normalized spacial score (nSPS) is 15.9. The van der Waals surface area contributed by atoms with E-state index in [1.54, 1.807) is 34.9 Å². The first kappa shape index (κ1) is 25.9. The Hall–Kier alpha value is -2.75. The standard InChI is InChI=1S/C24H30F3N3O3S/c1-5-22(30(34(4,32)33)21-10-9-17(2)18(3)15-21)23(31)29-13-11-28(12-14-29)20-8-6-7-19(16-20)24(25,26)27/h6-10,15-16,22H,5,11-14H2,1-4H3/t22-/m0/s1. The van der Waals surface area contributed by atoms with E-state index in [9.17, 15) is 26.4 Å². The highest BCUT2D eigenvalue weighted by Gasteiger charge is 2.36. The number of carbonyl (C=O) groups is 1. The van der Waals surface area contributed by atoms with Crippen molar-refractivity contribution in [3.63, 3.8) is 0 Å². The molecule has 3 rings (SSSR count). The maximum absolute atomic E-state index is 13.4. The van der Waals surface area contributed by atoms with Crippen LogP contribution in [-0.4, -0.2) is 57.7 Å². The molecule has 1 amide bonds. The molecule has 0 radical (unpaired) electrons. The zero-order chi connectivity index (χ0) is 25.3. The topological polar surface area (TPSA) is 60.9 Å². The number of hydrogen-bond donors (Lipinski definition) is 0. The number of piperazine rings is 1. The summed E-state index contributed by atoms with van der Waals surface area (Å²) in [6, 6.07) is 9.51. The highest BCUT2D eigenvalue weighted by molar-refractivity contribution is 7.92. The smallest absolute Gasteiger partial charge is 0.368 e. The number of sulfonamides is 1. The van der Waals surface area contributed by atoms with E-state index in [-0.39, 0.29) is 25.4 Å². The van der Waals surface area contributed by atoms with Crippen molar-refractivity contribution in [1.29, 1.82) is 0 Å². The predicted octanol–water partition coefficient (Wildman–Crippen LogP) is 4.22. The highest BCUT2D eigenvalue weighted by atomic mass is 32.2. The monoisotopic (exact) mass is 497 g/mol. The van der Waals surface area contributed by atoms with Crippen molar-refractivity contribution in [2.75, 3.05) is 41.6 Å². The van der Waals surface area contributed by atoms with Crippen molar-refractivity contribution in [3.05, 3.63) is 59.2 Å². The van der Waals surface area contributed by atoms with E-state index in [1.807, 2.05) is 19.9 Å². The van der Waals surface area contributed by atoms with Crippen LogP contribution in [0.3, 0.4) is 0 Å². The summed E-state index contributed by atoms with van der Waals surface area (Å²) in [7, 11) is -3.75. The van der Waals surface area contributed by atoms with Gasteiger partial charge in [0.05, 0.1) is 17.5 Å². The van der Waals surface area contributed by atoms with Crippen LogP contribution in [0.5, 0.6) is 0 Å². The van der Waals surface area contributed by atoms with Crippen LogP contribution >= 0.6 is 0 Å². The number of aryl methyl sites for hydroxylation is 2. The van der Waals surface area contributed by atoms with Crippen LogP contribution in [0.15, 0.2) is 42.5 Å². The van der Waals surface area contributed by atoms with Gasteiger partial charge in [-0.1, -0.05) is 19.1 Å². The summed E-state index contributed by atoms with van der Waals surface area (Å²) >= 11 is 0. The molecular formula is C24H30F3N3O3S. The number of carbonyl (C=O) groups excluding carboxylic acids is 1. The molecule has 1 atom stereocenters. The summed E-state index contributed by atoms with van der Waals surface area (Å²) in [5.74, 6) is -0.310. The number of alkyl halides is 3. The molecule has 2 aromatic rings. The zero-order valence-corrected chi connectivity index (χ0v) is 20.6. The third kappa shape index (κ3) is 5.65. The first-order chi connectivity index (χ1) is 15.8. The van der Waals surface area contributed by atoms with Crippen molar-refractivity contribution < 1.29 is 26.4 Å². The quantitative estimate of drug-likeness (QED) is 0.600. The number of anilines is 2. The van der Waals surface area contributed by atoms with Gasteiger partial charge in [-0.15, -0.1) is 0 Å². The van der Waals surface area contributed by atoms with Crippen molar-refractivity contribution >= 4 is 27.3 Å². The Kier molecular flexibility index (Phi) is 7.50. The lowest BCUT2D eigenvalue weighted by molar-refractivity contribution is -0.137. The molecule has 0 saturated carbocycles. The van der Waals surface area contributed by atoms with Gasteiger partial charge in [-0.05, 0) is 61.7 Å². The largest absolute Gasteiger partial charge is 0.416 e. The van der Waals surface area contributed by atoms with Gasteiger partial charge in [-0.25, -0.2) is 8.42 Å². The number of hydrogen-bond acceptors (Lipinski definition) is 4. The minimum Gasteiger partial charge on any atom is -0.368 e. The molecule has 0 aliphatic carbocycles. The molecule has 34 heavy (non-hydrogen) atoms. The third-order valence-electron chi connectivity index (χ3n) is 6.19. The van der Waals surface area contributed by atoms with Gasteiger partial charge in [0.15, 0.2) is 0 Å². The maximum Gasteiger partial charge on any atom is 0.416 e. The fourth-order valence-electron chi connectivity index (χ4n) is 4.18. The van der Waals surface area contributed by atoms with Crippen molar-refractivity contribution in [2.24, 2.45) is 0 Å². The molecule has 0 aromatic heterocycles. The minimum atomic E-state index is -4.43. The summed E-state index contributed by atoms with van der Waals surface area (Å²) in [4.78, 5) is 16.8. The van der Waals surface area contributed by atoms with Crippen LogP contribution in [0, 0.1) is 13.8 Å². The highest BCUT2D eigenvalue weighted by Crippen LogP contribution is 2.32. The van der Waals surface area contributed by atoms with E-state index in [4.69, 9.17) is 0 Å². The Morgan fingerprint density at radius 1 is 1.03 bits per heavy atom. The summed E-state index contributed by atoms with van der Waals surface area (Å²) in [5.41, 5.74) is 2.10. The van der Waals surface area contributed by atoms with Gasteiger partial charge >= 0.3 is 6.18 Å². The van der Waals surface area contributed by atoms with E-state index < -0.39 is 27.8 Å². The molecule has 1 fully saturated rings. The number of amides is 1. The second kappa shape index (κ2) is 9.85. The molecule has 2 aromatic carbocycles. The van der Waals surface area contributed by atoms with Crippen LogP contribution < -0.4 is 9.21 Å². The van der Waals surface area contributed by atoms with Gasteiger partial charge in [0.1, 0.15) is 6.04 Å². The third-order valence-corrected chi connectivity index (χ3v) is 7.37. The molecule has 0 bridgehead atoms. The SMILES string of the molecule is CC[C@@H](C(=O)N1CCN(c2cccc(C(F)(F)F)c2)CC1)N(c1ccc(C)c(C)c1)S(C)(=O)=O. The molecule has 6 nitrogen and oxygen atoms in total. The minimum absolute atomic E-state index is 0.284. The molecule has 186 valence electrons. The molecule has 1 heterocycles. The maximum atomic E-state index is 13.4. The van der Waals surface area contributed by atoms with E-state index in [0.29, 0.717) is 24.5 Å². The van der Waals surface area contributed by atoms with Crippen molar-refractivity contribution in [1.82, 2.24) is 4.90 Å². The second-order valence-corrected chi connectivity index (χ2v) is 10.5. The van der Waals surface area contributed by atoms with Gasteiger partial charge in [-0.2, -0.15) is 13.2 Å². The lowest BCUT2D eigenvalue weighted by atomic mass is 10.1. The van der Waals surface area contributed by atoms with Crippen molar-refractivity contribution in [2.45, 2.75) is 39.4 Å². The van der Waals surface area contributed by atoms with E-state index in [0.717, 1.165) is 29.5 Å². The fourth-order valence-corrected chi connectivity index (χ4v) is 5.38. The van der Waals surface area contributed by atoms with Gasteiger partial charge in [0.2, 0.25) is 15.9 Å². The summed E-state index contributed by atoms with van der Waals surface area (Å²) in [6.07, 6.45) is -3.05.